The molecule has 2 aromatic carbocycles. The summed E-state index contributed by atoms with van der Waals surface area (Å²) >= 11 is 0. The summed E-state index contributed by atoms with van der Waals surface area (Å²) in [7, 11) is 0. The first-order valence-corrected chi connectivity index (χ1v) is 7.99. The Kier molecular flexibility index (Phi) is 4.59. The minimum absolute atomic E-state index is 1.06. The summed E-state index contributed by atoms with van der Waals surface area (Å²) < 4.78 is 0. The zero-order chi connectivity index (χ0) is 15.4. The van der Waals surface area contributed by atoms with Crippen LogP contribution in [0.1, 0.15) is 18.1 Å². The molecule has 1 fully saturated rings. The van der Waals surface area contributed by atoms with E-state index in [1.54, 1.807) is 0 Å². The Morgan fingerprint density at radius 2 is 1.55 bits per heavy atom. The van der Waals surface area contributed by atoms with Gasteiger partial charge in [-0.2, -0.15) is 0 Å². The maximum atomic E-state index is 4.00. The van der Waals surface area contributed by atoms with Gasteiger partial charge in [0.2, 0.25) is 0 Å². The smallest absolute Gasteiger partial charge is 0.0367 e. The van der Waals surface area contributed by atoms with Gasteiger partial charge in [-0.1, -0.05) is 54.6 Å². The number of piperazine rings is 1. The van der Waals surface area contributed by atoms with E-state index in [-0.39, 0.29) is 0 Å². The molecule has 0 unspecified atom stereocenters. The topological polar surface area (TPSA) is 6.48 Å². The van der Waals surface area contributed by atoms with Crippen molar-refractivity contribution in [1.82, 2.24) is 4.90 Å². The molecule has 2 nitrogen and oxygen atoms in total. The fraction of sp³-hybridized carbons (Fsp3) is 0.300. The van der Waals surface area contributed by atoms with Gasteiger partial charge in [-0.25, -0.2) is 0 Å². The summed E-state index contributed by atoms with van der Waals surface area (Å²) in [6, 6.07) is 19.5. The number of rotatable bonds is 4. The molecule has 1 saturated heterocycles. The van der Waals surface area contributed by atoms with Crippen LogP contribution in [0.3, 0.4) is 0 Å². The van der Waals surface area contributed by atoms with Gasteiger partial charge in [-0.15, -0.1) is 0 Å². The number of anilines is 1. The summed E-state index contributed by atoms with van der Waals surface area (Å²) in [5, 5.41) is 0. The van der Waals surface area contributed by atoms with Crippen LogP contribution in [-0.2, 0) is 6.54 Å². The van der Waals surface area contributed by atoms with Crippen LogP contribution in [0.4, 0.5) is 5.69 Å². The molecule has 22 heavy (non-hydrogen) atoms. The van der Waals surface area contributed by atoms with Crippen molar-refractivity contribution in [1.29, 1.82) is 0 Å². The van der Waals surface area contributed by atoms with Gasteiger partial charge in [0, 0.05) is 38.4 Å². The molecule has 1 aliphatic heterocycles. The molecule has 2 heteroatoms. The van der Waals surface area contributed by atoms with Gasteiger partial charge >= 0.3 is 0 Å². The van der Waals surface area contributed by atoms with E-state index in [1.807, 2.05) is 0 Å². The number of hydrogen-bond donors (Lipinski definition) is 0. The highest BCUT2D eigenvalue weighted by molar-refractivity contribution is 5.64. The highest BCUT2D eigenvalue weighted by atomic mass is 15.3. The molecule has 0 atom stereocenters. The number of hydrogen-bond acceptors (Lipinski definition) is 2. The highest BCUT2D eigenvalue weighted by Crippen LogP contribution is 2.20. The molecule has 0 aliphatic carbocycles. The zero-order valence-electron chi connectivity index (χ0n) is 13.3. The minimum atomic E-state index is 1.06. The number of allylic oxidation sites excluding steroid dienone is 1. The molecule has 0 saturated carbocycles. The van der Waals surface area contributed by atoms with Crippen molar-refractivity contribution in [3.8, 4) is 0 Å². The van der Waals surface area contributed by atoms with E-state index in [0.29, 0.717) is 0 Å². The lowest BCUT2D eigenvalue weighted by Crippen LogP contribution is -2.45. The van der Waals surface area contributed by atoms with E-state index >= 15 is 0 Å². The third-order valence-electron chi connectivity index (χ3n) is 4.35. The third kappa shape index (κ3) is 3.58. The molecule has 114 valence electrons. The fourth-order valence-corrected chi connectivity index (χ4v) is 2.96. The molecule has 2 aromatic rings. The first-order valence-electron chi connectivity index (χ1n) is 7.99. The van der Waals surface area contributed by atoms with E-state index in [0.717, 1.165) is 38.3 Å². The molecule has 0 amide bonds. The Hall–Kier alpha value is -2.06. The Morgan fingerprint density at radius 1 is 0.909 bits per heavy atom. The monoisotopic (exact) mass is 292 g/mol. The van der Waals surface area contributed by atoms with E-state index in [4.69, 9.17) is 0 Å². The Labute approximate surface area is 133 Å². The van der Waals surface area contributed by atoms with Gasteiger partial charge < -0.3 is 4.90 Å². The van der Waals surface area contributed by atoms with Gasteiger partial charge in [-0.05, 0) is 30.2 Å². The molecule has 0 radical (unpaired) electrons. The van der Waals surface area contributed by atoms with Crippen molar-refractivity contribution in [3.63, 3.8) is 0 Å². The molecule has 3 rings (SSSR count). The quantitative estimate of drug-likeness (QED) is 0.839. The van der Waals surface area contributed by atoms with Crippen LogP contribution in [0, 0.1) is 0 Å². The Morgan fingerprint density at radius 3 is 2.14 bits per heavy atom. The Bertz CT molecular complexity index is 608. The average molecular weight is 292 g/mol. The lowest BCUT2D eigenvalue weighted by atomic mass is 10.1. The van der Waals surface area contributed by atoms with Gasteiger partial charge in [0.25, 0.3) is 0 Å². The molecule has 0 bridgehead atoms. The lowest BCUT2D eigenvalue weighted by Gasteiger charge is -2.36. The van der Waals surface area contributed by atoms with Crippen LogP contribution >= 0.6 is 0 Å². The Balaban J connectivity index is 1.56. The molecule has 1 aliphatic rings. The predicted molar refractivity (Wildman–Crippen MR) is 95.1 cm³/mol. The summed E-state index contributed by atoms with van der Waals surface area (Å²) in [6.45, 7) is 11.5. The van der Waals surface area contributed by atoms with Crippen LogP contribution in [0.2, 0.25) is 0 Å². The number of nitrogens with zero attached hydrogens (tertiary/aromatic N) is 2. The fourth-order valence-electron chi connectivity index (χ4n) is 2.96. The van der Waals surface area contributed by atoms with E-state index in [2.05, 4.69) is 77.9 Å². The second-order valence-electron chi connectivity index (χ2n) is 6.08. The zero-order valence-corrected chi connectivity index (χ0v) is 13.3. The van der Waals surface area contributed by atoms with Crippen molar-refractivity contribution < 1.29 is 0 Å². The minimum Gasteiger partial charge on any atom is -0.369 e. The van der Waals surface area contributed by atoms with Crippen LogP contribution in [0.5, 0.6) is 0 Å². The SMILES string of the molecule is C=C(C)c1ccc(N2CCN(Cc3ccccc3)CC2)cc1. The summed E-state index contributed by atoms with van der Waals surface area (Å²) in [6.07, 6.45) is 0. The molecule has 1 heterocycles. The van der Waals surface area contributed by atoms with Crippen molar-refractivity contribution in [2.24, 2.45) is 0 Å². The predicted octanol–water partition coefficient (Wildman–Crippen LogP) is 4.04. The average Bonchev–Trinajstić information content (AvgIpc) is 2.57. The van der Waals surface area contributed by atoms with Gasteiger partial charge in [0.1, 0.15) is 0 Å². The van der Waals surface area contributed by atoms with Gasteiger partial charge in [-0.3, -0.25) is 4.90 Å². The molecular weight excluding hydrogens is 268 g/mol. The molecular formula is C20H24N2. The van der Waals surface area contributed by atoms with Crippen molar-refractivity contribution in [2.45, 2.75) is 13.5 Å². The first-order chi connectivity index (χ1) is 10.7. The van der Waals surface area contributed by atoms with E-state index in [1.165, 1.54) is 16.8 Å². The highest BCUT2D eigenvalue weighted by Gasteiger charge is 2.17. The number of benzene rings is 2. The van der Waals surface area contributed by atoms with Crippen LogP contribution in [0.25, 0.3) is 5.57 Å². The van der Waals surface area contributed by atoms with Crippen LogP contribution in [-0.4, -0.2) is 31.1 Å². The van der Waals surface area contributed by atoms with Crippen molar-refractivity contribution >= 4 is 11.3 Å². The van der Waals surface area contributed by atoms with Crippen molar-refractivity contribution in [3.05, 3.63) is 72.3 Å². The molecule has 0 aromatic heterocycles. The van der Waals surface area contributed by atoms with Gasteiger partial charge in [0.15, 0.2) is 0 Å². The lowest BCUT2D eigenvalue weighted by molar-refractivity contribution is 0.250. The van der Waals surface area contributed by atoms with E-state index < -0.39 is 0 Å². The normalized spacial score (nSPS) is 15.8. The second-order valence-corrected chi connectivity index (χ2v) is 6.08. The summed E-state index contributed by atoms with van der Waals surface area (Å²) in [5.74, 6) is 0. The maximum absolute atomic E-state index is 4.00. The van der Waals surface area contributed by atoms with Crippen LogP contribution in [0.15, 0.2) is 61.2 Å². The van der Waals surface area contributed by atoms with Crippen LogP contribution < -0.4 is 4.90 Å². The molecule has 0 N–H and O–H groups in total. The largest absolute Gasteiger partial charge is 0.369 e. The first kappa shape index (κ1) is 14.9. The third-order valence-corrected chi connectivity index (χ3v) is 4.35. The van der Waals surface area contributed by atoms with Gasteiger partial charge in [0.05, 0.1) is 0 Å². The van der Waals surface area contributed by atoms with E-state index in [9.17, 15) is 0 Å². The summed E-state index contributed by atoms with van der Waals surface area (Å²) in [5.41, 5.74) is 5.08. The maximum Gasteiger partial charge on any atom is 0.0367 e. The van der Waals surface area contributed by atoms with Crippen molar-refractivity contribution in [2.75, 3.05) is 31.1 Å². The molecule has 0 spiro atoms. The standard InChI is InChI=1S/C20H24N2/c1-17(2)19-8-10-20(11-9-19)22-14-12-21(13-15-22)16-18-6-4-3-5-7-18/h3-11H,1,12-16H2,2H3. The second kappa shape index (κ2) is 6.80. The summed E-state index contributed by atoms with van der Waals surface area (Å²) in [4.78, 5) is 5.01.